The Kier molecular flexibility index (Phi) is 15.4. The number of hydrogen-bond donors (Lipinski definition) is 3. The number of oxime groups is 1. The first-order chi connectivity index (χ1) is 30.2. The number of allylic oxidation sites excluding steroid dienone is 1. The summed E-state index contributed by atoms with van der Waals surface area (Å²) in [6, 6.07) is 13.1. The van der Waals surface area contributed by atoms with E-state index in [0.717, 1.165) is 49.7 Å². The van der Waals surface area contributed by atoms with E-state index in [1.54, 1.807) is 42.6 Å². The molecule has 2 aliphatic heterocycles. The normalized spacial score (nSPS) is 26.3. The highest BCUT2D eigenvalue weighted by Gasteiger charge is 2.66. The molecule has 1 amide bonds. The van der Waals surface area contributed by atoms with Gasteiger partial charge in [-0.15, -0.1) is 6.58 Å². The standard InChI is InChI=1S/C47H62N4O10S/c1-4-24-51(62(55,56)40-19-13-16-32-17-14-23-49-45(32)40)41-31-38(50-61-42-20-9-12-28-57-42)36-29-33(15-7-10-25-52)35(18-8-11-26-53)43-37-30-34(59-46(54)48-6-3)21-22-39(37)60-47(41,44(36)43)58-27-5-2/h5,13-14,16-17,19,21-23,29-30,33,35,41-44,52-53H,2,4,6-12,15,18,20,24-28,31H2,1,3H3,(H,48,54)/t33-,35+,41-,42?,43+,44+,47+/m0/s1. The molecule has 2 aliphatic carbocycles. The molecule has 4 aliphatic rings. The fourth-order valence-electron chi connectivity index (χ4n) is 9.97. The van der Waals surface area contributed by atoms with E-state index in [2.05, 4.69) is 23.0 Å². The lowest BCUT2D eigenvalue weighted by Gasteiger charge is -2.59. The molecule has 62 heavy (non-hydrogen) atoms. The van der Waals surface area contributed by atoms with Gasteiger partial charge < -0.3 is 39.3 Å². The number of benzene rings is 2. The molecular weight excluding hydrogens is 813 g/mol. The number of nitrogens with one attached hydrogen (secondary N) is 1. The van der Waals surface area contributed by atoms with Crippen LogP contribution >= 0.6 is 0 Å². The number of rotatable bonds is 20. The minimum atomic E-state index is -4.32. The topological polar surface area (TPSA) is 178 Å². The van der Waals surface area contributed by atoms with Crippen LogP contribution in [0.4, 0.5) is 4.79 Å². The number of para-hydroxylation sites is 1. The van der Waals surface area contributed by atoms with Gasteiger partial charge in [-0.05, 0) is 99.6 Å². The molecule has 2 fully saturated rings. The molecule has 0 spiro atoms. The molecule has 0 bridgehead atoms. The summed E-state index contributed by atoms with van der Waals surface area (Å²) in [5, 5.41) is 28.2. The second-order valence-corrected chi connectivity index (χ2v) is 18.4. The molecule has 0 radical (unpaired) electrons. The van der Waals surface area contributed by atoms with Crippen LogP contribution in [0, 0.1) is 17.8 Å². The zero-order chi connectivity index (χ0) is 43.7. The molecule has 3 N–H and O–H groups in total. The molecule has 2 aromatic carbocycles. The Morgan fingerprint density at radius 1 is 1.08 bits per heavy atom. The number of pyridine rings is 1. The molecule has 3 aromatic rings. The van der Waals surface area contributed by atoms with E-state index in [9.17, 15) is 15.0 Å². The number of amides is 1. The van der Waals surface area contributed by atoms with Crippen LogP contribution in [0.2, 0.25) is 0 Å². The molecule has 7 atom stereocenters. The van der Waals surface area contributed by atoms with Gasteiger partial charge in [0.25, 0.3) is 0 Å². The average molecular weight is 875 g/mol. The third-order valence-electron chi connectivity index (χ3n) is 12.6. The molecule has 15 heteroatoms. The smallest absolute Gasteiger partial charge is 0.412 e. The molecule has 1 aromatic heterocycles. The van der Waals surface area contributed by atoms with Crippen molar-refractivity contribution in [3.8, 4) is 11.5 Å². The van der Waals surface area contributed by atoms with Crippen LogP contribution in [0.1, 0.15) is 96.0 Å². The maximum absolute atomic E-state index is 15.5. The van der Waals surface area contributed by atoms with Gasteiger partial charge in [-0.1, -0.05) is 55.3 Å². The lowest BCUT2D eigenvalue weighted by Crippen LogP contribution is -2.70. The summed E-state index contributed by atoms with van der Waals surface area (Å²) in [4.78, 5) is 23.7. The molecule has 7 rings (SSSR count). The molecule has 1 saturated heterocycles. The summed E-state index contributed by atoms with van der Waals surface area (Å²) in [7, 11) is -4.32. The Morgan fingerprint density at radius 3 is 2.63 bits per heavy atom. The van der Waals surface area contributed by atoms with E-state index in [4.69, 9.17) is 28.9 Å². The summed E-state index contributed by atoms with van der Waals surface area (Å²) >= 11 is 0. The van der Waals surface area contributed by atoms with E-state index in [1.807, 2.05) is 32.0 Å². The summed E-state index contributed by atoms with van der Waals surface area (Å²) in [6.07, 6.45) is 11.7. The van der Waals surface area contributed by atoms with Crippen molar-refractivity contribution in [2.45, 2.75) is 113 Å². The van der Waals surface area contributed by atoms with Crippen molar-refractivity contribution >= 4 is 32.7 Å². The number of hydrogen-bond acceptors (Lipinski definition) is 12. The van der Waals surface area contributed by atoms with Crippen LogP contribution in [-0.4, -0.2) is 97.4 Å². The summed E-state index contributed by atoms with van der Waals surface area (Å²) in [5.74, 6) is -1.90. The number of aromatic nitrogens is 1. The minimum Gasteiger partial charge on any atom is -0.460 e. The predicted octanol–water partition coefficient (Wildman–Crippen LogP) is 7.60. The van der Waals surface area contributed by atoms with Gasteiger partial charge in [0.05, 0.1) is 36.4 Å². The SMILES string of the molecule is C=CCO[C@@]12Oc3ccc(OC(=O)NCC)cc3[C@H]3[C@H](CCCCO)[C@@H](CCCCO)C=C(C(=NOC4CCCCO4)C[C@@H]1N(CCC)S(=O)(=O)c1cccc4cccnc14)[C@H]32. The number of carbonyl (C=O) groups excluding carboxylic acids is 1. The number of ether oxygens (including phenoxy) is 4. The third-order valence-corrected chi connectivity index (χ3v) is 14.5. The number of nitrogens with zero attached hydrogens (tertiary/aromatic N) is 3. The van der Waals surface area contributed by atoms with Gasteiger partial charge in [-0.25, -0.2) is 13.2 Å². The summed E-state index contributed by atoms with van der Waals surface area (Å²) < 4.78 is 58.7. The van der Waals surface area contributed by atoms with Crippen LogP contribution in [0.3, 0.4) is 0 Å². The van der Waals surface area contributed by atoms with Crippen molar-refractivity contribution in [1.82, 2.24) is 14.6 Å². The van der Waals surface area contributed by atoms with Crippen LogP contribution in [-0.2, 0) is 24.3 Å². The fourth-order valence-corrected chi connectivity index (χ4v) is 11.9. The van der Waals surface area contributed by atoms with Gasteiger partial charge in [0.2, 0.25) is 22.1 Å². The van der Waals surface area contributed by atoms with Crippen molar-refractivity contribution < 1.29 is 47.2 Å². The van der Waals surface area contributed by atoms with Crippen molar-refractivity contribution in [3.05, 3.63) is 84.6 Å². The van der Waals surface area contributed by atoms with Crippen molar-refractivity contribution in [2.24, 2.45) is 22.9 Å². The molecule has 1 saturated carbocycles. The van der Waals surface area contributed by atoms with Gasteiger partial charge >= 0.3 is 6.09 Å². The lowest BCUT2D eigenvalue weighted by molar-refractivity contribution is -0.251. The Bertz CT molecular complexity index is 2190. The minimum absolute atomic E-state index is 0.0163. The van der Waals surface area contributed by atoms with Crippen LogP contribution < -0.4 is 14.8 Å². The number of sulfonamides is 1. The van der Waals surface area contributed by atoms with E-state index in [1.165, 1.54) is 4.31 Å². The number of fused-ring (bicyclic) bond motifs is 3. The first-order valence-electron chi connectivity index (χ1n) is 22.4. The van der Waals surface area contributed by atoms with E-state index < -0.39 is 40.2 Å². The number of carbonyl (C=O) groups is 1. The molecular formula is C47H62N4O10S. The summed E-state index contributed by atoms with van der Waals surface area (Å²) in [6.45, 7) is 9.00. The Labute approximate surface area is 365 Å². The van der Waals surface area contributed by atoms with Crippen molar-refractivity contribution in [1.29, 1.82) is 0 Å². The Morgan fingerprint density at radius 2 is 1.89 bits per heavy atom. The number of aliphatic hydroxyl groups is 2. The van der Waals surface area contributed by atoms with Gasteiger partial charge in [-0.2, -0.15) is 4.31 Å². The fraction of sp³-hybridized carbons (Fsp3) is 0.553. The highest BCUT2D eigenvalue weighted by atomic mass is 32.2. The zero-order valence-electron chi connectivity index (χ0n) is 36.0. The first kappa shape index (κ1) is 45.6. The van der Waals surface area contributed by atoms with Gasteiger partial charge in [0, 0.05) is 62.2 Å². The monoisotopic (exact) mass is 874 g/mol. The maximum Gasteiger partial charge on any atom is 0.412 e. The second kappa shape index (κ2) is 20.9. The number of unbranched alkanes of at least 4 members (excludes halogenated alkanes) is 2. The molecule has 14 nitrogen and oxygen atoms in total. The second-order valence-electron chi connectivity index (χ2n) is 16.5. The van der Waals surface area contributed by atoms with Crippen LogP contribution in [0.15, 0.2) is 89.1 Å². The van der Waals surface area contributed by atoms with Crippen molar-refractivity contribution in [3.63, 3.8) is 0 Å². The van der Waals surface area contributed by atoms with Crippen LogP contribution in [0.5, 0.6) is 11.5 Å². The molecule has 1 unspecified atom stereocenters. The van der Waals surface area contributed by atoms with E-state index in [-0.39, 0.29) is 55.4 Å². The van der Waals surface area contributed by atoms with Gasteiger partial charge in [-0.3, -0.25) is 4.98 Å². The third kappa shape index (κ3) is 9.43. The van der Waals surface area contributed by atoms with Gasteiger partial charge in [0.15, 0.2) is 0 Å². The zero-order valence-corrected chi connectivity index (χ0v) is 36.8. The Balaban J connectivity index is 1.49. The first-order valence-corrected chi connectivity index (χ1v) is 23.8. The van der Waals surface area contributed by atoms with Crippen LogP contribution in [0.25, 0.3) is 10.9 Å². The van der Waals surface area contributed by atoms with Gasteiger partial charge in [0.1, 0.15) is 16.4 Å². The summed E-state index contributed by atoms with van der Waals surface area (Å²) in [5.41, 5.74) is 2.56. The lowest BCUT2D eigenvalue weighted by atomic mass is 9.55. The van der Waals surface area contributed by atoms with E-state index >= 15 is 8.42 Å². The predicted molar refractivity (Wildman–Crippen MR) is 235 cm³/mol. The quantitative estimate of drug-likeness (QED) is 0.0579. The van der Waals surface area contributed by atoms with Crippen molar-refractivity contribution in [2.75, 3.05) is 39.5 Å². The van der Waals surface area contributed by atoms with E-state index in [0.29, 0.717) is 66.9 Å². The largest absolute Gasteiger partial charge is 0.460 e. The molecule has 3 heterocycles. The number of aliphatic hydroxyl groups excluding tert-OH is 2. The maximum atomic E-state index is 15.5. The average Bonchev–Trinajstić information content (AvgIpc) is 3.28. The molecule has 336 valence electrons. The highest BCUT2D eigenvalue weighted by Crippen LogP contribution is 2.62. The highest BCUT2D eigenvalue weighted by molar-refractivity contribution is 7.89. The Hall–Kier alpha value is -4.38.